The van der Waals surface area contributed by atoms with E-state index in [0.717, 1.165) is 36.9 Å². The van der Waals surface area contributed by atoms with Gasteiger partial charge >= 0.3 is 17.2 Å². The lowest BCUT2D eigenvalue weighted by Crippen LogP contribution is -2.27. The first-order valence-electron chi connectivity index (χ1n) is 14.6. The lowest BCUT2D eigenvalue weighted by molar-refractivity contribution is 0.0211. The highest BCUT2D eigenvalue weighted by atomic mass is 32.2. The van der Waals surface area contributed by atoms with Crippen molar-refractivity contribution in [2.75, 3.05) is 4.72 Å². The molecule has 5 rings (SSSR count). The summed E-state index contributed by atoms with van der Waals surface area (Å²) in [6, 6.07) is 12.9. The molecule has 1 fully saturated rings. The minimum Gasteiger partial charge on any atom is -0.459 e. The first-order chi connectivity index (χ1) is 21.0. The summed E-state index contributed by atoms with van der Waals surface area (Å²) in [4.78, 5) is 12.6. The van der Waals surface area contributed by atoms with Gasteiger partial charge in [-0.25, -0.2) is 9.31 Å². The first kappa shape index (κ1) is 31.7. The number of aromatic amines is 1. The number of carbonyl (C=O) groups excluding carboxylic acids is 1. The van der Waals surface area contributed by atoms with Gasteiger partial charge in [0.05, 0.1) is 17.3 Å². The van der Waals surface area contributed by atoms with Crippen LogP contribution in [0.1, 0.15) is 93.3 Å². The Morgan fingerprint density at radius 1 is 1.02 bits per heavy atom. The van der Waals surface area contributed by atoms with Crippen LogP contribution >= 0.6 is 0 Å². The fourth-order valence-corrected chi connectivity index (χ4v) is 6.23. The average Bonchev–Trinajstić information content (AvgIpc) is 3.57. The molecular weight excluding hydrogens is 604 g/mol. The third-order valence-electron chi connectivity index (χ3n) is 7.31. The van der Waals surface area contributed by atoms with Crippen molar-refractivity contribution in [1.82, 2.24) is 24.5 Å². The molecule has 14 heteroatoms. The number of anilines is 1. The van der Waals surface area contributed by atoms with Crippen molar-refractivity contribution in [1.29, 1.82) is 0 Å². The van der Waals surface area contributed by atoms with Crippen LogP contribution in [-0.2, 0) is 32.7 Å². The lowest BCUT2D eigenvalue weighted by atomic mass is 9.93. The van der Waals surface area contributed by atoms with Gasteiger partial charge in [0.1, 0.15) is 17.6 Å². The fourth-order valence-electron chi connectivity index (χ4n) is 4.80. The largest absolute Gasteiger partial charge is 0.459 e. The second-order valence-corrected chi connectivity index (χ2v) is 13.6. The number of esters is 1. The summed E-state index contributed by atoms with van der Waals surface area (Å²) in [5.74, 6) is 0.696. The monoisotopic (exact) mass is 642 g/mol. The van der Waals surface area contributed by atoms with E-state index in [2.05, 4.69) is 45.5 Å². The second-order valence-electron chi connectivity index (χ2n) is 11.9. The molecule has 1 aliphatic carbocycles. The van der Waals surface area contributed by atoms with E-state index in [1.54, 1.807) is 47.8 Å². The summed E-state index contributed by atoms with van der Waals surface area (Å²) >= 11 is -3.93. The molecule has 0 spiro atoms. The lowest BCUT2D eigenvalue weighted by Gasteiger charge is -2.21. The van der Waals surface area contributed by atoms with Gasteiger partial charge in [-0.15, -0.1) is 10.2 Å². The molecule has 4 aromatic rings. The van der Waals surface area contributed by atoms with Gasteiger partial charge in [-0.1, -0.05) is 39.3 Å². The normalized spacial score (nSPS) is 16.3. The molecule has 2 heterocycles. The van der Waals surface area contributed by atoms with Crippen LogP contribution in [-0.4, -0.2) is 40.3 Å². The summed E-state index contributed by atoms with van der Waals surface area (Å²) in [5.41, 5.74) is 3.04. The van der Waals surface area contributed by atoms with Gasteiger partial charge in [-0.3, -0.25) is 9.82 Å². The Labute approximate surface area is 261 Å². The molecule has 236 valence electrons. The highest BCUT2D eigenvalue weighted by Crippen LogP contribution is 2.27. The Kier molecular flexibility index (Phi) is 9.71. The Morgan fingerprint density at radius 2 is 1.80 bits per heavy atom. The number of benzene rings is 2. The number of fused-ring (bicyclic) bond motifs is 1. The first-order valence-corrected chi connectivity index (χ1v) is 16.7. The smallest absolute Gasteiger partial charge is 0.338 e. The zero-order chi connectivity index (χ0) is 31.4. The molecule has 0 amide bonds. The highest BCUT2D eigenvalue weighted by Gasteiger charge is 2.23. The fraction of sp³-hybridized carbons (Fsp3) is 0.433. The highest BCUT2D eigenvalue weighted by molar-refractivity contribution is 7.82. The molecule has 12 nitrogen and oxygen atoms in total. The van der Waals surface area contributed by atoms with E-state index in [-0.39, 0.29) is 17.3 Å². The van der Waals surface area contributed by atoms with E-state index in [1.165, 1.54) is 12.5 Å². The maximum atomic E-state index is 12.9. The van der Waals surface area contributed by atoms with Gasteiger partial charge in [-0.2, -0.15) is 13.1 Å². The second kappa shape index (κ2) is 13.5. The number of H-pyrrole nitrogens is 1. The number of carbonyl (C=O) groups is 1. The molecule has 0 saturated heterocycles. The molecule has 3 unspecified atom stereocenters. The number of hydrogen-bond acceptors (Lipinski definition) is 8. The van der Waals surface area contributed by atoms with Crippen molar-refractivity contribution in [3.05, 3.63) is 71.2 Å². The van der Waals surface area contributed by atoms with Crippen LogP contribution in [0.4, 0.5) is 5.69 Å². The van der Waals surface area contributed by atoms with Crippen LogP contribution in [0.3, 0.4) is 0 Å². The zero-order valence-corrected chi connectivity index (χ0v) is 27.0. The standard InChI is InChI=1S/C30H38N6O6S2/c1-19-14-15-22(35-44(39)41-24-13-9-10-21(16-24)29(37)40-23-11-7-6-8-12-23)17-25(19)42-43(38)34-20(2)28-32-31-27-18-26(30(3,4)5)33-36(27)28/h9-10,13-18,20,23,33-35H,6-8,11-12H2,1-5H3. The van der Waals surface area contributed by atoms with Crippen LogP contribution < -0.4 is 17.8 Å². The van der Waals surface area contributed by atoms with E-state index in [1.807, 2.05) is 13.0 Å². The van der Waals surface area contributed by atoms with Gasteiger partial charge in [0, 0.05) is 23.2 Å². The number of aromatic nitrogens is 4. The van der Waals surface area contributed by atoms with Gasteiger partial charge in [0.25, 0.3) is 11.3 Å². The van der Waals surface area contributed by atoms with Crippen molar-refractivity contribution >= 4 is 39.8 Å². The third-order valence-corrected chi connectivity index (χ3v) is 8.93. The van der Waals surface area contributed by atoms with E-state index >= 15 is 0 Å². The molecule has 2 aromatic heterocycles. The molecule has 44 heavy (non-hydrogen) atoms. The van der Waals surface area contributed by atoms with Crippen molar-refractivity contribution in [3.8, 4) is 11.5 Å². The number of hydrogen-bond donors (Lipinski definition) is 3. The van der Waals surface area contributed by atoms with Crippen molar-refractivity contribution in [2.24, 2.45) is 0 Å². The van der Waals surface area contributed by atoms with Crippen LogP contribution in [0.2, 0.25) is 0 Å². The summed E-state index contributed by atoms with van der Waals surface area (Å²) in [5, 5.41) is 11.7. The molecule has 0 bridgehead atoms. The minimum atomic E-state index is -2.00. The quantitative estimate of drug-likeness (QED) is 0.181. The van der Waals surface area contributed by atoms with Crippen LogP contribution in [0.15, 0.2) is 48.5 Å². The van der Waals surface area contributed by atoms with Crippen molar-refractivity contribution < 1.29 is 26.3 Å². The summed E-state index contributed by atoms with van der Waals surface area (Å²) in [7, 11) is 0. The van der Waals surface area contributed by atoms with Gasteiger partial charge < -0.3 is 13.1 Å². The Hall–Kier alpha value is -3.75. The van der Waals surface area contributed by atoms with Crippen LogP contribution in [0, 0.1) is 6.92 Å². The van der Waals surface area contributed by atoms with Crippen molar-refractivity contribution in [3.63, 3.8) is 0 Å². The number of rotatable bonds is 11. The molecule has 1 saturated carbocycles. The molecule has 3 N–H and O–H groups in total. The van der Waals surface area contributed by atoms with Gasteiger partial charge in [0.15, 0.2) is 11.5 Å². The Bertz CT molecular complexity index is 1670. The molecule has 0 aliphatic heterocycles. The number of aryl methyl sites for hydroxylation is 1. The zero-order valence-electron chi connectivity index (χ0n) is 25.4. The van der Waals surface area contributed by atoms with E-state index in [4.69, 9.17) is 13.1 Å². The van der Waals surface area contributed by atoms with Gasteiger partial charge in [0.2, 0.25) is 0 Å². The number of nitrogens with zero attached hydrogens (tertiary/aromatic N) is 3. The number of ether oxygens (including phenoxy) is 1. The molecule has 3 atom stereocenters. The maximum Gasteiger partial charge on any atom is 0.338 e. The Balaban J connectivity index is 1.18. The summed E-state index contributed by atoms with van der Waals surface area (Å²) < 4.78 is 50.0. The van der Waals surface area contributed by atoms with E-state index < -0.39 is 34.5 Å². The average molecular weight is 643 g/mol. The molecular formula is C30H38N6O6S2. The van der Waals surface area contributed by atoms with Gasteiger partial charge in [-0.05, 0) is 69.4 Å². The van der Waals surface area contributed by atoms with Crippen LogP contribution in [0.5, 0.6) is 11.5 Å². The predicted molar refractivity (Wildman–Crippen MR) is 169 cm³/mol. The maximum absolute atomic E-state index is 12.9. The predicted octanol–water partition coefficient (Wildman–Crippen LogP) is 5.53. The summed E-state index contributed by atoms with van der Waals surface area (Å²) in [6.45, 7) is 9.90. The SMILES string of the molecule is Cc1ccc(NS(=O)Oc2cccc(C(=O)OC3CCCCC3)c2)cc1OS(=O)NC(C)c1nnc2cc(C(C)(C)C)[nH]n12. The minimum absolute atomic E-state index is 0.0679. The molecule has 2 aromatic carbocycles. The number of nitrogens with one attached hydrogen (secondary N) is 3. The molecule has 1 aliphatic rings. The molecule has 0 radical (unpaired) electrons. The van der Waals surface area contributed by atoms with Crippen LogP contribution in [0.25, 0.3) is 5.65 Å². The topological polar surface area (TPSA) is 149 Å². The summed E-state index contributed by atoms with van der Waals surface area (Å²) in [6.07, 6.45) is 4.96. The van der Waals surface area contributed by atoms with E-state index in [0.29, 0.717) is 28.5 Å². The van der Waals surface area contributed by atoms with E-state index in [9.17, 15) is 13.2 Å². The Morgan fingerprint density at radius 3 is 2.55 bits per heavy atom. The third kappa shape index (κ3) is 7.85. The van der Waals surface area contributed by atoms with Crippen molar-refractivity contribution in [2.45, 2.75) is 84.3 Å².